The highest BCUT2D eigenvalue weighted by atomic mass is 35.5. The quantitative estimate of drug-likeness (QED) is 0.837. The summed E-state index contributed by atoms with van der Waals surface area (Å²) in [4.78, 5) is 0.315. The van der Waals surface area contributed by atoms with Crippen LogP contribution in [0.25, 0.3) is 0 Å². The minimum Gasteiger partial charge on any atom is -0.372 e. The first-order valence-corrected chi connectivity index (χ1v) is 10.1. The Kier molecular flexibility index (Phi) is 5.91. The lowest BCUT2D eigenvalue weighted by molar-refractivity contribution is 0.134. The van der Waals surface area contributed by atoms with E-state index < -0.39 is 10.0 Å². The van der Waals surface area contributed by atoms with Crippen LogP contribution in [0.2, 0.25) is 5.02 Å². The molecule has 2 aliphatic heterocycles. The molecule has 140 valence electrons. The largest absolute Gasteiger partial charge is 0.372 e. The zero-order valence-electron chi connectivity index (χ0n) is 14.0. The van der Waals surface area contributed by atoms with Gasteiger partial charge in [-0.05, 0) is 34.9 Å². The Morgan fingerprint density at radius 1 is 1.12 bits per heavy atom. The van der Waals surface area contributed by atoms with Gasteiger partial charge in [0.2, 0.25) is 10.0 Å². The number of nitrogens with zero attached hydrogens (tertiary/aromatic N) is 1. The van der Waals surface area contributed by atoms with Gasteiger partial charge in [0.05, 0.1) is 24.2 Å². The van der Waals surface area contributed by atoms with Gasteiger partial charge in [0.15, 0.2) is 0 Å². The highest BCUT2D eigenvalue weighted by Crippen LogP contribution is 2.33. The van der Waals surface area contributed by atoms with Crippen molar-refractivity contribution in [3.05, 3.63) is 64.2 Å². The van der Waals surface area contributed by atoms with Crippen molar-refractivity contribution < 1.29 is 13.2 Å². The fourth-order valence-corrected chi connectivity index (χ4v) is 5.35. The van der Waals surface area contributed by atoms with Crippen molar-refractivity contribution in [2.45, 2.75) is 24.2 Å². The average molecular weight is 415 g/mol. The van der Waals surface area contributed by atoms with Gasteiger partial charge >= 0.3 is 0 Å². The van der Waals surface area contributed by atoms with Crippen molar-refractivity contribution in [2.75, 3.05) is 19.6 Å². The Balaban J connectivity index is 0.00000196. The number of halogens is 2. The molecule has 0 amide bonds. The third-order valence-corrected chi connectivity index (χ3v) is 7.01. The van der Waals surface area contributed by atoms with Gasteiger partial charge in [0.1, 0.15) is 0 Å². The molecular weight excluding hydrogens is 395 g/mol. The van der Waals surface area contributed by atoms with E-state index in [2.05, 4.69) is 5.32 Å². The van der Waals surface area contributed by atoms with Gasteiger partial charge in [-0.2, -0.15) is 4.31 Å². The molecule has 2 aliphatic rings. The molecule has 8 heteroatoms. The number of rotatable bonds is 3. The van der Waals surface area contributed by atoms with E-state index in [-0.39, 0.29) is 18.4 Å². The summed E-state index contributed by atoms with van der Waals surface area (Å²) in [5.41, 5.74) is 2.83. The predicted octanol–water partition coefficient (Wildman–Crippen LogP) is 3.13. The molecular formula is C18H20Cl2N2O3S. The normalized spacial score (nSPS) is 20.4. The standard InChI is InChI=1S/C18H19ClN2O3S.ClH/c19-17-4-2-1-3-16(17)18-10-20-7-8-21(18)25(22,23)15-6-5-13-11-24-12-14(13)9-15;/h1-6,9,18,20H,7-8,10-12H2;1H. The molecule has 2 aromatic carbocycles. The van der Waals surface area contributed by atoms with Crippen molar-refractivity contribution in [1.82, 2.24) is 9.62 Å². The van der Waals surface area contributed by atoms with Crippen LogP contribution in [0.3, 0.4) is 0 Å². The summed E-state index contributed by atoms with van der Waals surface area (Å²) in [6.45, 7) is 2.58. The molecule has 1 unspecified atom stereocenters. The zero-order valence-corrected chi connectivity index (χ0v) is 16.4. The van der Waals surface area contributed by atoms with E-state index in [0.717, 1.165) is 16.7 Å². The van der Waals surface area contributed by atoms with Gasteiger partial charge in [-0.25, -0.2) is 8.42 Å². The van der Waals surface area contributed by atoms with Gasteiger partial charge in [-0.15, -0.1) is 12.4 Å². The SMILES string of the molecule is Cl.O=S(=O)(c1ccc2c(c1)COC2)N1CCNCC1c1ccccc1Cl. The van der Waals surface area contributed by atoms with Crippen LogP contribution in [0, 0.1) is 0 Å². The van der Waals surface area contributed by atoms with Gasteiger partial charge < -0.3 is 10.1 Å². The lowest BCUT2D eigenvalue weighted by Gasteiger charge is -2.36. The van der Waals surface area contributed by atoms with Crippen molar-refractivity contribution >= 4 is 34.0 Å². The van der Waals surface area contributed by atoms with Gasteiger partial charge in [0, 0.05) is 24.7 Å². The molecule has 4 rings (SSSR count). The highest BCUT2D eigenvalue weighted by Gasteiger charge is 2.35. The molecule has 2 aromatic rings. The first-order valence-electron chi connectivity index (χ1n) is 8.24. The molecule has 0 bridgehead atoms. The first-order chi connectivity index (χ1) is 12.1. The Morgan fingerprint density at radius 2 is 1.88 bits per heavy atom. The predicted molar refractivity (Wildman–Crippen MR) is 103 cm³/mol. The van der Waals surface area contributed by atoms with Crippen LogP contribution in [0.4, 0.5) is 0 Å². The molecule has 1 N–H and O–H groups in total. The van der Waals surface area contributed by atoms with Gasteiger partial charge in [-0.3, -0.25) is 0 Å². The molecule has 0 aliphatic carbocycles. The smallest absolute Gasteiger partial charge is 0.243 e. The second kappa shape index (κ2) is 7.84. The van der Waals surface area contributed by atoms with E-state index in [1.54, 1.807) is 22.5 Å². The van der Waals surface area contributed by atoms with Crippen LogP contribution in [0.15, 0.2) is 47.4 Å². The second-order valence-corrected chi connectivity index (χ2v) is 8.58. The summed E-state index contributed by atoms with van der Waals surface area (Å²) in [7, 11) is -3.62. The van der Waals surface area contributed by atoms with E-state index >= 15 is 0 Å². The zero-order chi connectivity index (χ0) is 17.4. The highest BCUT2D eigenvalue weighted by molar-refractivity contribution is 7.89. The molecule has 26 heavy (non-hydrogen) atoms. The van der Waals surface area contributed by atoms with E-state index in [9.17, 15) is 8.42 Å². The van der Waals surface area contributed by atoms with Crippen molar-refractivity contribution in [2.24, 2.45) is 0 Å². The van der Waals surface area contributed by atoms with Crippen LogP contribution < -0.4 is 5.32 Å². The van der Waals surface area contributed by atoms with E-state index in [4.69, 9.17) is 16.3 Å². The van der Waals surface area contributed by atoms with E-state index in [1.807, 2.05) is 24.3 Å². The molecule has 0 saturated carbocycles. The third-order valence-electron chi connectivity index (χ3n) is 4.76. The second-order valence-electron chi connectivity index (χ2n) is 6.28. The number of hydrogen-bond donors (Lipinski definition) is 1. The maximum atomic E-state index is 13.3. The molecule has 0 radical (unpaired) electrons. The molecule has 1 atom stereocenters. The summed E-state index contributed by atoms with van der Waals surface area (Å²) < 4.78 is 33.5. The lowest BCUT2D eigenvalue weighted by Crippen LogP contribution is -2.48. The molecule has 5 nitrogen and oxygen atoms in total. The number of fused-ring (bicyclic) bond motifs is 1. The molecule has 0 spiro atoms. The topological polar surface area (TPSA) is 58.6 Å². The van der Waals surface area contributed by atoms with Crippen LogP contribution in [-0.4, -0.2) is 32.4 Å². The summed E-state index contributed by atoms with van der Waals surface area (Å²) in [5, 5.41) is 3.85. The van der Waals surface area contributed by atoms with Crippen LogP contribution >= 0.6 is 24.0 Å². The van der Waals surface area contributed by atoms with E-state index in [1.165, 1.54) is 0 Å². The Hall–Kier alpha value is -1.15. The summed E-state index contributed by atoms with van der Waals surface area (Å²) in [6.07, 6.45) is 0. The maximum absolute atomic E-state index is 13.3. The minimum absolute atomic E-state index is 0. The van der Waals surface area contributed by atoms with Crippen LogP contribution in [0.1, 0.15) is 22.7 Å². The summed E-state index contributed by atoms with van der Waals surface area (Å²) in [6, 6.07) is 12.4. The summed E-state index contributed by atoms with van der Waals surface area (Å²) in [5.74, 6) is 0. The van der Waals surface area contributed by atoms with Crippen LogP contribution in [-0.2, 0) is 28.0 Å². The Labute approximate surface area is 164 Å². The monoisotopic (exact) mass is 414 g/mol. The van der Waals surface area contributed by atoms with Gasteiger partial charge in [0.25, 0.3) is 0 Å². The number of hydrogen-bond acceptors (Lipinski definition) is 4. The summed E-state index contributed by atoms with van der Waals surface area (Å²) >= 11 is 6.33. The third kappa shape index (κ3) is 3.50. The van der Waals surface area contributed by atoms with Crippen molar-refractivity contribution in [3.63, 3.8) is 0 Å². The average Bonchev–Trinajstić information content (AvgIpc) is 3.10. The van der Waals surface area contributed by atoms with E-state index in [0.29, 0.717) is 42.8 Å². The number of piperazine rings is 1. The number of sulfonamides is 1. The number of nitrogens with one attached hydrogen (secondary N) is 1. The lowest BCUT2D eigenvalue weighted by atomic mass is 10.1. The Morgan fingerprint density at radius 3 is 2.69 bits per heavy atom. The fraction of sp³-hybridized carbons (Fsp3) is 0.333. The Bertz CT molecular complexity index is 905. The number of ether oxygens (including phenoxy) is 1. The van der Waals surface area contributed by atoms with Crippen LogP contribution in [0.5, 0.6) is 0 Å². The molecule has 2 heterocycles. The van der Waals surface area contributed by atoms with Crippen molar-refractivity contribution in [3.8, 4) is 0 Å². The molecule has 0 aromatic heterocycles. The fourth-order valence-electron chi connectivity index (χ4n) is 3.43. The van der Waals surface area contributed by atoms with Crippen molar-refractivity contribution in [1.29, 1.82) is 0 Å². The number of benzene rings is 2. The first kappa shape index (κ1) is 19.6. The molecule has 1 saturated heterocycles. The maximum Gasteiger partial charge on any atom is 0.243 e. The minimum atomic E-state index is -3.62. The molecule has 1 fully saturated rings. The van der Waals surface area contributed by atoms with Gasteiger partial charge in [-0.1, -0.05) is 35.9 Å².